The highest BCUT2D eigenvalue weighted by molar-refractivity contribution is 4.97. The minimum absolute atomic E-state index is 0.363. The number of hydrogen-bond acceptors (Lipinski definition) is 6. The van der Waals surface area contributed by atoms with E-state index in [0.29, 0.717) is 6.61 Å². The summed E-state index contributed by atoms with van der Waals surface area (Å²) in [6, 6.07) is 0. The quantitative estimate of drug-likeness (QED) is 0.479. The molecule has 1 heterocycles. The van der Waals surface area contributed by atoms with E-state index in [4.69, 9.17) is 14.6 Å². The topological polar surface area (TPSA) is 99.4 Å². The van der Waals surface area contributed by atoms with E-state index in [-0.39, 0.29) is 0 Å². The number of aliphatic hydroxyl groups excluding tert-OH is 3. The van der Waals surface area contributed by atoms with E-state index < -0.39 is 36.8 Å². The first kappa shape index (κ1) is 13.8. The average Bonchev–Trinajstić information content (AvgIpc) is 2.25. The third-order valence-corrected chi connectivity index (χ3v) is 2.73. The summed E-state index contributed by atoms with van der Waals surface area (Å²) in [4.78, 5) is 0. The predicted octanol–water partition coefficient (Wildman–Crippen LogP) is -1.40. The lowest BCUT2D eigenvalue weighted by Gasteiger charge is -2.45. The van der Waals surface area contributed by atoms with Gasteiger partial charge in [0.2, 0.25) is 0 Å². The first-order valence-corrected chi connectivity index (χ1v) is 5.41. The van der Waals surface area contributed by atoms with Gasteiger partial charge < -0.3 is 29.9 Å². The van der Waals surface area contributed by atoms with Crippen molar-refractivity contribution in [2.75, 3.05) is 13.2 Å². The summed E-state index contributed by atoms with van der Waals surface area (Å²) in [5, 5.41) is 38.2. The van der Waals surface area contributed by atoms with Crippen LogP contribution in [0.3, 0.4) is 0 Å². The molecule has 0 bridgehead atoms. The van der Waals surface area contributed by atoms with Crippen molar-refractivity contribution in [1.82, 2.24) is 0 Å². The molecule has 1 aliphatic rings. The molecule has 6 nitrogen and oxygen atoms in total. The van der Waals surface area contributed by atoms with Gasteiger partial charge in [0.05, 0.1) is 6.61 Å². The van der Waals surface area contributed by atoms with Crippen LogP contribution < -0.4 is 0 Å². The van der Waals surface area contributed by atoms with Crippen molar-refractivity contribution in [2.45, 2.75) is 50.5 Å². The Kier molecular flexibility index (Phi) is 4.66. The second kappa shape index (κ2) is 5.39. The molecule has 0 radical (unpaired) electrons. The van der Waals surface area contributed by atoms with Gasteiger partial charge >= 0.3 is 0 Å². The normalized spacial score (nSPS) is 44.6. The molecule has 1 aliphatic heterocycles. The maximum Gasteiger partial charge on any atom is 0.189 e. The number of hydrogen-bond donors (Lipinski definition) is 4. The lowest BCUT2D eigenvalue weighted by molar-refractivity contribution is -0.336. The molecule has 0 spiro atoms. The first-order chi connectivity index (χ1) is 7.45. The summed E-state index contributed by atoms with van der Waals surface area (Å²) < 4.78 is 10.4. The zero-order valence-corrected chi connectivity index (χ0v) is 9.54. The zero-order chi connectivity index (χ0) is 12.3. The average molecular weight is 236 g/mol. The Morgan fingerprint density at radius 1 is 1.38 bits per heavy atom. The molecule has 1 fully saturated rings. The highest BCUT2D eigenvalue weighted by atomic mass is 16.7. The van der Waals surface area contributed by atoms with Gasteiger partial charge in [0, 0.05) is 6.61 Å². The summed E-state index contributed by atoms with van der Waals surface area (Å²) >= 11 is 0. The number of aliphatic hydroxyl groups is 4. The van der Waals surface area contributed by atoms with Crippen molar-refractivity contribution in [3.8, 4) is 0 Å². The van der Waals surface area contributed by atoms with Crippen LogP contribution in [0.2, 0.25) is 0 Å². The maximum atomic E-state index is 9.97. The van der Waals surface area contributed by atoms with Crippen LogP contribution in [0.25, 0.3) is 0 Å². The highest BCUT2D eigenvalue weighted by Crippen LogP contribution is 2.30. The van der Waals surface area contributed by atoms with E-state index in [9.17, 15) is 15.3 Å². The zero-order valence-electron chi connectivity index (χ0n) is 9.54. The molecule has 0 aromatic rings. The van der Waals surface area contributed by atoms with E-state index in [1.165, 1.54) is 6.92 Å². The smallest absolute Gasteiger partial charge is 0.189 e. The Morgan fingerprint density at radius 2 is 2.00 bits per heavy atom. The molecular weight excluding hydrogens is 216 g/mol. The van der Waals surface area contributed by atoms with Gasteiger partial charge in [-0.3, -0.25) is 0 Å². The van der Waals surface area contributed by atoms with Gasteiger partial charge in [-0.1, -0.05) is 6.92 Å². The van der Waals surface area contributed by atoms with Gasteiger partial charge in [0.15, 0.2) is 6.29 Å². The van der Waals surface area contributed by atoms with Crippen LogP contribution in [0.5, 0.6) is 0 Å². The largest absolute Gasteiger partial charge is 0.394 e. The Balaban J connectivity index is 2.74. The summed E-state index contributed by atoms with van der Waals surface area (Å²) in [7, 11) is 0. The van der Waals surface area contributed by atoms with Crippen LogP contribution in [0, 0.1) is 0 Å². The van der Waals surface area contributed by atoms with E-state index >= 15 is 0 Å². The second-order valence-corrected chi connectivity index (χ2v) is 4.22. The van der Waals surface area contributed by atoms with Crippen molar-refractivity contribution in [2.24, 2.45) is 0 Å². The molecule has 0 saturated carbocycles. The van der Waals surface area contributed by atoms with Crippen LogP contribution in [-0.2, 0) is 9.47 Å². The van der Waals surface area contributed by atoms with Gasteiger partial charge in [-0.15, -0.1) is 0 Å². The van der Waals surface area contributed by atoms with Crippen LogP contribution >= 0.6 is 0 Å². The minimum atomic E-state index is -1.69. The molecule has 0 aromatic heterocycles. The third kappa shape index (κ3) is 2.53. The summed E-state index contributed by atoms with van der Waals surface area (Å²) in [6.45, 7) is 3.14. The SMILES string of the molecule is CCCO[C@@H]1O[C@H](CO)[C@H](O)[C@H](O)[C@@]1(C)O. The van der Waals surface area contributed by atoms with E-state index in [2.05, 4.69) is 0 Å². The standard InChI is InChI=1S/C10H20O6/c1-3-4-15-9-10(2,14)8(13)7(12)6(5-11)16-9/h6-9,11-14H,3-5H2,1-2H3/t6-,7+,8+,9-,10-/m1/s1. The fourth-order valence-electron chi connectivity index (χ4n) is 1.65. The minimum Gasteiger partial charge on any atom is -0.394 e. The van der Waals surface area contributed by atoms with Crippen molar-refractivity contribution < 1.29 is 29.9 Å². The van der Waals surface area contributed by atoms with Crippen LogP contribution in [0.4, 0.5) is 0 Å². The van der Waals surface area contributed by atoms with E-state index in [1.54, 1.807) is 0 Å². The van der Waals surface area contributed by atoms with Gasteiger partial charge in [-0.25, -0.2) is 0 Å². The molecule has 1 rings (SSSR count). The van der Waals surface area contributed by atoms with Crippen molar-refractivity contribution in [3.63, 3.8) is 0 Å². The molecule has 96 valence electrons. The molecule has 6 heteroatoms. The molecule has 0 aromatic carbocycles. The molecule has 0 aliphatic carbocycles. The Hall–Kier alpha value is -0.240. The first-order valence-electron chi connectivity index (χ1n) is 5.41. The lowest BCUT2D eigenvalue weighted by Crippen LogP contribution is -2.65. The Morgan fingerprint density at radius 3 is 2.50 bits per heavy atom. The summed E-state index contributed by atoms with van der Waals surface area (Å²) in [6.07, 6.45) is -4.01. The molecule has 4 N–H and O–H groups in total. The monoisotopic (exact) mass is 236 g/mol. The molecule has 5 atom stereocenters. The molecule has 0 amide bonds. The fourth-order valence-corrected chi connectivity index (χ4v) is 1.65. The molecule has 16 heavy (non-hydrogen) atoms. The maximum absolute atomic E-state index is 9.97. The third-order valence-electron chi connectivity index (χ3n) is 2.73. The molecule has 1 saturated heterocycles. The molecule has 0 unspecified atom stereocenters. The van der Waals surface area contributed by atoms with Crippen LogP contribution in [-0.4, -0.2) is 63.8 Å². The second-order valence-electron chi connectivity index (χ2n) is 4.22. The van der Waals surface area contributed by atoms with E-state index in [1.807, 2.05) is 6.92 Å². The van der Waals surface area contributed by atoms with Crippen molar-refractivity contribution in [3.05, 3.63) is 0 Å². The van der Waals surface area contributed by atoms with Crippen molar-refractivity contribution in [1.29, 1.82) is 0 Å². The predicted molar refractivity (Wildman–Crippen MR) is 54.6 cm³/mol. The fraction of sp³-hybridized carbons (Fsp3) is 1.00. The van der Waals surface area contributed by atoms with Gasteiger partial charge in [0.1, 0.15) is 23.9 Å². The number of ether oxygens (including phenoxy) is 2. The Bertz CT molecular complexity index is 219. The summed E-state index contributed by atoms with van der Waals surface area (Å²) in [5.74, 6) is 0. The van der Waals surface area contributed by atoms with Crippen molar-refractivity contribution >= 4 is 0 Å². The summed E-state index contributed by atoms with van der Waals surface area (Å²) in [5.41, 5.74) is -1.69. The Labute approximate surface area is 94.4 Å². The number of rotatable bonds is 4. The van der Waals surface area contributed by atoms with E-state index in [0.717, 1.165) is 6.42 Å². The van der Waals surface area contributed by atoms with Gasteiger partial charge in [-0.05, 0) is 13.3 Å². The molecular formula is C10H20O6. The van der Waals surface area contributed by atoms with Crippen LogP contribution in [0.15, 0.2) is 0 Å². The lowest BCUT2D eigenvalue weighted by atomic mass is 9.88. The van der Waals surface area contributed by atoms with Gasteiger partial charge in [0.25, 0.3) is 0 Å². The van der Waals surface area contributed by atoms with Gasteiger partial charge in [-0.2, -0.15) is 0 Å². The highest BCUT2D eigenvalue weighted by Gasteiger charge is 2.52. The van der Waals surface area contributed by atoms with Crippen LogP contribution in [0.1, 0.15) is 20.3 Å².